The van der Waals surface area contributed by atoms with Crippen LogP contribution < -0.4 is 0 Å². The van der Waals surface area contributed by atoms with Crippen molar-refractivity contribution in [1.29, 1.82) is 0 Å². The van der Waals surface area contributed by atoms with Gasteiger partial charge < -0.3 is 9.16 Å². The number of ether oxygens (including phenoxy) is 1. The number of non-ortho nitro benzene ring substituents is 1. The van der Waals surface area contributed by atoms with Crippen molar-refractivity contribution in [1.82, 2.24) is 0 Å². The highest BCUT2D eigenvalue weighted by Gasteiger charge is 2.39. The normalized spacial score (nSPS) is 14.0. The second-order valence-corrected chi connectivity index (χ2v) is 11.0. The van der Waals surface area contributed by atoms with E-state index in [0.29, 0.717) is 0 Å². The molecule has 0 unspecified atom stereocenters. The number of nitro benzene ring substituents is 1. The van der Waals surface area contributed by atoms with Gasteiger partial charge in [0.25, 0.3) is 5.69 Å². The predicted octanol–water partition coefficient (Wildman–Crippen LogP) is 4.50. The molecule has 0 spiro atoms. The fourth-order valence-corrected chi connectivity index (χ4v) is 5.70. The van der Waals surface area contributed by atoms with Crippen LogP contribution in [-0.4, -0.2) is 38.1 Å². The minimum absolute atomic E-state index is 0.113. The molecule has 25 heavy (non-hydrogen) atoms. The van der Waals surface area contributed by atoms with E-state index in [4.69, 9.17) is 9.16 Å². The largest absolute Gasteiger partial charge is 0.459 e. The zero-order chi connectivity index (χ0) is 19.1. The van der Waals surface area contributed by atoms with E-state index in [1.807, 2.05) is 20.8 Å². The molecule has 140 valence electrons. The number of halogens is 1. The maximum Gasteiger partial charge on any atom is 0.338 e. The first-order chi connectivity index (χ1) is 11.7. The van der Waals surface area contributed by atoms with E-state index in [1.165, 1.54) is 24.3 Å². The van der Waals surface area contributed by atoms with E-state index >= 15 is 0 Å². The average Bonchev–Trinajstić information content (AvgIpc) is 2.64. The van der Waals surface area contributed by atoms with Crippen LogP contribution in [-0.2, 0) is 9.16 Å². The molecular weight excluding hydrogens is 345 g/mol. The summed E-state index contributed by atoms with van der Waals surface area (Å²) in [6.45, 7) is 6.78. The Kier molecular flexibility index (Phi) is 7.69. The van der Waals surface area contributed by atoms with Crippen LogP contribution in [0.4, 0.5) is 10.1 Å². The van der Waals surface area contributed by atoms with Crippen LogP contribution in [0.15, 0.2) is 24.3 Å². The zero-order valence-electron chi connectivity index (χ0n) is 15.2. The van der Waals surface area contributed by atoms with Crippen molar-refractivity contribution in [3.8, 4) is 0 Å². The van der Waals surface area contributed by atoms with Gasteiger partial charge in [0.1, 0.15) is 18.9 Å². The number of hydrogen-bond acceptors (Lipinski definition) is 5. The molecule has 6 nitrogen and oxygen atoms in total. The number of nitrogens with zero attached hydrogens (tertiary/aromatic N) is 1. The Hall–Kier alpha value is -1.80. The molecule has 0 amide bonds. The molecule has 0 fully saturated rings. The molecule has 0 radical (unpaired) electrons. The number of esters is 1. The molecule has 0 aliphatic rings. The first-order valence-corrected chi connectivity index (χ1v) is 11.0. The molecular formula is C17H26FNO5Si. The SMILES string of the molecule is CC[Si](CC)(CC)O[C@@](C)(CF)COC(=O)c1ccc([N+](=O)[O-])cc1. The smallest absolute Gasteiger partial charge is 0.338 e. The lowest BCUT2D eigenvalue weighted by Crippen LogP contribution is -2.49. The van der Waals surface area contributed by atoms with Crippen molar-refractivity contribution >= 4 is 20.0 Å². The number of rotatable bonds is 10. The Morgan fingerprint density at radius 2 is 1.72 bits per heavy atom. The molecule has 1 rings (SSSR count). The van der Waals surface area contributed by atoms with Gasteiger partial charge in [-0.2, -0.15) is 0 Å². The van der Waals surface area contributed by atoms with Gasteiger partial charge in [0.2, 0.25) is 0 Å². The van der Waals surface area contributed by atoms with Gasteiger partial charge in [0.05, 0.1) is 10.5 Å². The van der Waals surface area contributed by atoms with E-state index in [9.17, 15) is 19.3 Å². The monoisotopic (exact) mass is 371 g/mol. The van der Waals surface area contributed by atoms with Crippen LogP contribution in [0.2, 0.25) is 18.1 Å². The second kappa shape index (κ2) is 9.05. The first-order valence-electron chi connectivity index (χ1n) is 8.42. The van der Waals surface area contributed by atoms with Crippen molar-refractivity contribution in [2.45, 2.75) is 51.4 Å². The molecule has 8 heteroatoms. The Morgan fingerprint density at radius 3 is 2.12 bits per heavy atom. The summed E-state index contributed by atoms with van der Waals surface area (Å²) in [4.78, 5) is 22.2. The lowest BCUT2D eigenvalue weighted by molar-refractivity contribution is -0.384. The summed E-state index contributed by atoms with van der Waals surface area (Å²) in [5, 5.41) is 10.6. The molecule has 0 saturated carbocycles. The molecule has 0 aromatic heterocycles. The fraction of sp³-hybridized carbons (Fsp3) is 0.588. The number of carbonyl (C=O) groups is 1. The van der Waals surface area contributed by atoms with Crippen molar-refractivity contribution in [2.75, 3.05) is 13.3 Å². The fourth-order valence-electron chi connectivity index (χ4n) is 2.61. The van der Waals surface area contributed by atoms with Crippen LogP contribution in [0.25, 0.3) is 0 Å². The third-order valence-electron chi connectivity index (χ3n) is 4.50. The van der Waals surface area contributed by atoms with Crippen LogP contribution in [0.3, 0.4) is 0 Å². The van der Waals surface area contributed by atoms with E-state index in [2.05, 4.69) is 0 Å². The third kappa shape index (κ3) is 5.60. The van der Waals surface area contributed by atoms with Crippen molar-refractivity contribution in [2.24, 2.45) is 0 Å². The van der Waals surface area contributed by atoms with E-state index in [1.54, 1.807) is 6.92 Å². The number of benzene rings is 1. The van der Waals surface area contributed by atoms with E-state index in [0.717, 1.165) is 18.1 Å². The van der Waals surface area contributed by atoms with Crippen molar-refractivity contribution < 1.29 is 23.3 Å². The minimum atomic E-state index is -2.05. The Morgan fingerprint density at radius 1 is 1.20 bits per heavy atom. The van der Waals surface area contributed by atoms with E-state index in [-0.39, 0.29) is 17.9 Å². The molecule has 0 aliphatic carbocycles. The summed E-state index contributed by atoms with van der Waals surface area (Å²) in [6.07, 6.45) is 0. The highest BCUT2D eigenvalue weighted by atomic mass is 28.4. The summed E-state index contributed by atoms with van der Waals surface area (Å²) in [7, 11) is -2.05. The third-order valence-corrected chi connectivity index (χ3v) is 9.29. The summed E-state index contributed by atoms with van der Waals surface area (Å²) in [6, 6.07) is 7.69. The van der Waals surface area contributed by atoms with Gasteiger partial charge in [0, 0.05) is 12.1 Å². The summed E-state index contributed by atoms with van der Waals surface area (Å²) < 4.78 is 25.0. The predicted molar refractivity (Wildman–Crippen MR) is 96.0 cm³/mol. The number of carbonyl (C=O) groups excluding carboxylic acids is 1. The minimum Gasteiger partial charge on any atom is -0.459 e. The van der Waals surface area contributed by atoms with E-state index < -0.39 is 31.5 Å². The molecule has 1 atom stereocenters. The van der Waals surface area contributed by atoms with Crippen LogP contribution in [0, 0.1) is 10.1 Å². The van der Waals surface area contributed by atoms with Crippen molar-refractivity contribution in [3.05, 3.63) is 39.9 Å². The van der Waals surface area contributed by atoms with Gasteiger partial charge in [-0.3, -0.25) is 10.1 Å². The molecule has 0 aliphatic heterocycles. The van der Waals surface area contributed by atoms with Crippen molar-refractivity contribution in [3.63, 3.8) is 0 Å². The topological polar surface area (TPSA) is 78.7 Å². The summed E-state index contributed by atoms with van der Waals surface area (Å²) >= 11 is 0. The van der Waals surface area contributed by atoms with Crippen LogP contribution in [0.1, 0.15) is 38.1 Å². The van der Waals surface area contributed by atoms with Gasteiger partial charge in [-0.05, 0) is 37.2 Å². The van der Waals surface area contributed by atoms with Crippen LogP contribution >= 0.6 is 0 Å². The maximum atomic E-state index is 13.6. The van der Waals surface area contributed by atoms with Gasteiger partial charge >= 0.3 is 5.97 Å². The Bertz CT molecular complexity index is 583. The van der Waals surface area contributed by atoms with Gasteiger partial charge in [0.15, 0.2) is 8.32 Å². The first kappa shape index (κ1) is 21.2. The maximum absolute atomic E-state index is 13.6. The summed E-state index contributed by atoms with van der Waals surface area (Å²) in [5.41, 5.74) is -1.11. The van der Waals surface area contributed by atoms with Gasteiger partial charge in [-0.25, -0.2) is 9.18 Å². The molecule has 0 N–H and O–H groups in total. The van der Waals surface area contributed by atoms with Gasteiger partial charge in [-0.15, -0.1) is 0 Å². The number of nitro groups is 1. The number of alkyl halides is 1. The summed E-state index contributed by atoms with van der Waals surface area (Å²) in [5.74, 6) is -0.657. The van der Waals surface area contributed by atoms with Gasteiger partial charge in [-0.1, -0.05) is 20.8 Å². The molecule has 0 bridgehead atoms. The molecule has 0 heterocycles. The number of hydrogen-bond donors (Lipinski definition) is 0. The second-order valence-electron chi connectivity index (χ2n) is 6.31. The molecule has 1 aromatic carbocycles. The molecule has 1 aromatic rings. The average molecular weight is 371 g/mol. The Balaban J connectivity index is 2.77. The zero-order valence-corrected chi connectivity index (χ0v) is 16.2. The quantitative estimate of drug-likeness (QED) is 0.262. The lowest BCUT2D eigenvalue weighted by Gasteiger charge is -2.38. The Labute approximate surface area is 148 Å². The highest BCUT2D eigenvalue weighted by Crippen LogP contribution is 2.28. The molecule has 0 saturated heterocycles. The van der Waals surface area contributed by atoms with Crippen LogP contribution in [0.5, 0.6) is 0 Å². The standard InChI is InChI=1S/C17H26FNO5Si/c1-5-25(6-2,7-3)24-17(4,12-18)13-23-16(20)14-8-10-15(11-9-14)19(21)22/h8-11H,5-7,12-13H2,1-4H3/t17-/m0/s1. The highest BCUT2D eigenvalue weighted by molar-refractivity contribution is 6.73. The lowest BCUT2D eigenvalue weighted by atomic mass is 10.1.